The zero-order valence-electron chi connectivity index (χ0n) is 13.0. The molecular weight excluding hydrogens is 327 g/mol. The zero-order valence-corrected chi connectivity index (χ0v) is 13.9. The molecule has 3 N–H and O–H groups in total. The monoisotopic (exact) mass is 348 g/mol. The maximum atomic E-state index is 13.9. The smallest absolute Gasteiger partial charge is 0.256 e. The Labute approximate surface area is 135 Å². The van der Waals surface area contributed by atoms with Gasteiger partial charge in [0.25, 0.3) is 5.91 Å². The van der Waals surface area contributed by atoms with Crippen LogP contribution in [0.3, 0.4) is 0 Å². The number of ether oxygens (including phenoxy) is 2. The van der Waals surface area contributed by atoms with Crippen molar-refractivity contribution in [2.24, 2.45) is 5.14 Å². The molecule has 23 heavy (non-hydrogen) atoms. The first-order valence-corrected chi connectivity index (χ1v) is 8.59. The van der Waals surface area contributed by atoms with E-state index in [1.54, 1.807) is 6.07 Å². The molecule has 0 heterocycles. The molecule has 1 amide bonds. The van der Waals surface area contributed by atoms with Crippen LogP contribution in [0.4, 0.5) is 4.39 Å². The summed E-state index contributed by atoms with van der Waals surface area (Å²) in [6.07, 6.45) is 0. The lowest BCUT2D eigenvalue weighted by atomic mass is 9.94. The highest BCUT2D eigenvalue weighted by atomic mass is 32.2. The minimum atomic E-state index is -3.57. The number of carbonyl (C=O) groups excluding carboxylic acids is 1. The summed E-state index contributed by atoms with van der Waals surface area (Å²) in [6.45, 7) is 1.61. The van der Waals surface area contributed by atoms with E-state index < -0.39 is 27.3 Å². The Morgan fingerprint density at radius 2 is 2.00 bits per heavy atom. The number of carbonyl (C=O) groups is 1. The van der Waals surface area contributed by atoms with Gasteiger partial charge in [0.2, 0.25) is 10.0 Å². The molecule has 0 unspecified atom stereocenters. The van der Waals surface area contributed by atoms with Gasteiger partial charge >= 0.3 is 0 Å². The first kappa shape index (κ1) is 19.5. The van der Waals surface area contributed by atoms with Crippen molar-refractivity contribution in [3.63, 3.8) is 0 Å². The number of methoxy groups -OCH3 is 1. The van der Waals surface area contributed by atoms with Gasteiger partial charge in [0, 0.05) is 19.2 Å². The predicted molar refractivity (Wildman–Crippen MR) is 82.6 cm³/mol. The van der Waals surface area contributed by atoms with E-state index in [4.69, 9.17) is 14.6 Å². The fourth-order valence-corrected chi connectivity index (χ4v) is 2.21. The first-order valence-electron chi connectivity index (χ1n) is 6.87. The predicted octanol–water partition coefficient (Wildman–Crippen LogP) is 0.109. The van der Waals surface area contributed by atoms with Crippen LogP contribution in [0.5, 0.6) is 0 Å². The van der Waals surface area contributed by atoms with Crippen molar-refractivity contribution >= 4 is 15.9 Å². The average Bonchev–Trinajstić information content (AvgIpc) is 2.49. The standard InChI is InChI=1S/C14H21FN2O5S/c1-14(21-2,11-5-3-4-6-12(11)15)13(18)17-7-8-22-9-10-23(16,19)20/h3-6H,7-10H2,1-2H3,(H,17,18)(H2,16,19,20)/t14-/m0/s1. The highest BCUT2D eigenvalue weighted by Gasteiger charge is 2.37. The van der Waals surface area contributed by atoms with Gasteiger partial charge in [-0.25, -0.2) is 17.9 Å². The number of amides is 1. The molecule has 130 valence electrons. The number of halogens is 1. The van der Waals surface area contributed by atoms with Gasteiger partial charge in [0.15, 0.2) is 5.60 Å². The van der Waals surface area contributed by atoms with Crippen LogP contribution in [-0.2, 0) is 29.9 Å². The second kappa shape index (κ2) is 8.34. The van der Waals surface area contributed by atoms with Gasteiger partial charge in [-0.15, -0.1) is 0 Å². The van der Waals surface area contributed by atoms with E-state index in [0.717, 1.165) is 0 Å². The van der Waals surface area contributed by atoms with Crippen LogP contribution < -0.4 is 10.5 Å². The molecule has 1 atom stereocenters. The molecule has 0 fully saturated rings. The summed E-state index contributed by atoms with van der Waals surface area (Å²) >= 11 is 0. The molecule has 9 heteroatoms. The molecule has 1 aromatic carbocycles. The van der Waals surface area contributed by atoms with E-state index in [9.17, 15) is 17.6 Å². The van der Waals surface area contributed by atoms with Crippen LogP contribution in [0.1, 0.15) is 12.5 Å². The van der Waals surface area contributed by atoms with Crippen LogP contribution >= 0.6 is 0 Å². The Balaban J connectivity index is 2.53. The van der Waals surface area contributed by atoms with Gasteiger partial charge in [-0.05, 0) is 13.0 Å². The molecule has 0 aliphatic heterocycles. The van der Waals surface area contributed by atoms with Crippen LogP contribution in [0, 0.1) is 5.82 Å². The summed E-state index contributed by atoms with van der Waals surface area (Å²) in [6, 6.07) is 5.85. The number of nitrogens with one attached hydrogen (secondary N) is 1. The number of hydrogen-bond acceptors (Lipinski definition) is 5. The number of nitrogens with two attached hydrogens (primary N) is 1. The van der Waals surface area contributed by atoms with E-state index in [2.05, 4.69) is 5.32 Å². The SMILES string of the molecule is CO[C@](C)(C(=O)NCCOCCS(N)(=O)=O)c1ccccc1F. The Bertz CT molecular complexity index is 638. The molecule has 7 nitrogen and oxygen atoms in total. The normalized spacial score (nSPS) is 14.3. The van der Waals surface area contributed by atoms with Crippen LogP contribution in [-0.4, -0.2) is 46.9 Å². The molecule has 0 saturated carbocycles. The fourth-order valence-electron chi connectivity index (χ4n) is 1.86. The number of primary sulfonamides is 1. The Morgan fingerprint density at radius 3 is 2.57 bits per heavy atom. The van der Waals surface area contributed by atoms with Gasteiger partial charge in [0.05, 0.1) is 19.0 Å². The lowest BCUT2D eigenvalue weighted by Crippen LogP contribution is -2.45. The molecule has 0 bridgehead atoms. The van der Waals surface area contributed by atoms with Crippen molar-refractivity contribution in [2.75, 3.05) is 32.6 Å². The fraction of sp³-hybridized carbons (Fsp3) is 0.500. The van der Waals surface area contributed by atoms with Crippen LogP contribution in [0.2, 0.25) is 0 Å². The van der Waals surface area contributed by atoms with Crippen LogP contribution in [0.25, 0.3) is 0 Å². The second-order valence-electron chi connectivity index (χ2n) is 4.95. The van der Waals surface area contributed by atoms with Gasteiger partial charge in [-0.2, -0.15) is 0 Å². The third-order valence-corrected chi connectivity index (χ3v) is 4.01. The molecule has 1 rings (SSSR count). The van der Waals surface area contributed by atoms with E-state index in [1.165, 1.54) is 32.2 Å². The van der Waals surface area contributed by atoms with E-state index in [1.807, 2.05) is 0 Å². The number of benzene rings is 1. The molecular formula is C14H21FN2O5S. The molecule has 0 saturated heterocycles. The Kier molecular flexibility index (Phi) is 7.07. The second-order valence-corrected chi connectivity index (χ2v) is 6.69. The van der Waals surface area contributed by atoms with Gasteiger partial charge in [-0.1, -0.05) is 18.2 Å². The summed E-state index contributed by atoms with van der Waals surface area (Å²) in [5, 5.41) is 7.38. The summed E-state index contributed by atoms with van der Waals surface area (Å²) < 4.78 is 45.5. The average molecular weight is 348 g/mol. The lowest BCUT2D eigenvalue weighted by molar-refractivity contribution is -0.143. The first-order chi connectivity index (χ1) is 10.7. The zero-order chi connectivity index (χ0) is 17.5. The summed E-state index contributed by atoms with van der Waals surface area (Å²) in [5.41, 5.74) is -1.36. The van der Waals surface area contributed by atoms with E-state index >= 15 is 0 Å². The number of rotatable bonds is 9. The topological polar surface area (TPSA) is 108 Å². The maximum absolute atomic E-state index is 13.9. The van der Waals surface area contributed by atoms with E-state index in [0.29, 0.717) is 0 Å². The third-order valence-electron chi connectivity index (χ3n) is 3.27. The molecule has 0 aromatic heterocycles. The summed E-state index contributed by atoms with van der Waals surface area (Å²) in [7, 11) is -2.26. The molecule has 0 spiro atoms. The van der Waals surface area contributed by atoms with Crippen molar-refractivity contribution in [3.8, 4) is 0 Å². The van der Waals surface area contributed by atoms with Crippen LogP contribution in [0.15, 0.2) is 24.3 Å². The number of sulfonamides is 1. The van der Waals surface area contributed by atoms with Crippen molar-refractivity contribution in [3.05, 3.63) is 35.6 Å². The van der Waals surface area contributed by atoms with Crippen molar-refractivity contribution in [1.82, 2.24) is 5.32 Å². The number of hydrogen-bond donors (Lipinski definition) is 2. The quantitative estimate of drug-likeness (QED) is 0.616. The van der Waals surface area contributed by atoms with Gasteiger partial charge in [0.1, 0.15) is 5.82 Å². The summed E-state index contributed by atoms with van der Waals surface area (Å²) in [5.74, 6) is -1.37. The minimum Gasteiger partial charge on any atom is -0.379 e. The highest BCUT2D eigenvalue weighted by Crippen LogP contribution is 2.27. The van der Waals surface area contributed by atoms with Crippen molar-refractivity contribution in [2.45, 2.75) is 12.5 Å². The molecule has 0 radical (unpaired) electrons. The largest absolute Gasteiger partial charge is 0.379 e. The Morgan fingerprint density at radius 1 is 1.35 bits per heavy atom. The maximum Gasteiger partial charge on any atom is 0.256 e. The minimum absolute atomic E-state index is 0.0659. The highest BCUT2D eigenvalue weighted by molar-refractivity contribution is 7.89. The summed E-state index contributed by atoms with van der Waals surface area (Å²) in [4.78, 5) is 12.3. The lowest BCUT2D eigenvalue weighted by Gasteiger charge is -2.27. The third kappa shape index (κ3) is 5.87. The molecule has 1 aromatic rings. The molecule has 0 aliphatic rings. The van der Waals surface area contributed by atoms with Gasteiger partial charge in [-0.3, -0.25) is 4.79 Å². The van der Waals surface area contributed by atoms with E-state index in [-0.39, 0.29) is 31.1 Å². The van der Waals surface area contributed by atoms with Gasteiger partial charge < -0.3 is 14.8 Å². The molecule has 0 aliphatic carbocycles. The Hall–Kier alpha value is -1.55. The van der Waals surface area contributed by atoms with Crippen molar-refractivity contribution in [1.29, 1.82) is 0 Å². The van der Waals surface area contributed by atoms with Crippen molar-refractivity contribution < 1.29 is 27.1 Å².